The molecule has 3 N–H and O–H groups in total. The zero-order valence-electron chi connectivity index (χ0n) is 18.8. The van der Waals surface area contributed by atoms with Crippen molar-refractivity contribution in [1.29, 1.82) is 0 Å². The molecule has 1 atom stereocenters. The van der Waals surface area contributed by atoms with Crippen molar-refractivity contribution < 1.29 is 14.7 Å². The van der Waals surface area contributed by atoms with Gasteiger partial charge in [0, 0.05) is 23.2 Å². The fraction of sp³-hybridized carbons (Fsp3) is 0.407. The van der Waals surface area contributed by atoms with Crippen LogP contribution in [0.1, 0.15) is 83.0 Å². The summed E-state index contributed by atoms with van der Waals surface area (Å²) in [6, 6.07) is 12.9. The molecule has 2 aromatic carbocycles. The van der Waals surface area contributed by atoms with Crippen molar-refractivity contribution >= 4 is 22.8 Å². The number of carboxylic acid groups (broad SMARTS) is 1. The van der Waals surface area contributed by atoms with Crippen LogP contribution in [-0.4, -0.2) is 21.6 Å². The molecule has 0 fully saturated rings. The summed E-state index contributed by atoms with van der Waals surface area (Å²) in [5, 5.41) is 10.9. The molecular formula is C27H32N2O3. The van der Waals surface area contributed by atoms with Gasteiger partial charge in [0.15, 0.2) is 0 Å². The van der Waals surface area contributed by atoms with Crippen molar-refractivity contribution in [1.82, 2.24) is 4.57 Å². The van der Waals surface area contributed by atoms with Crippen molar-refractivity contribution in [3.63, 3.8) is 0 Å². The molecular weight excluding hydrogens is 400 g/mol. The smallest absolute Gasteiger partial charge is 0.337 e. The van der Waals surface area contributed by atoms with Gasteiger partial charge in [0.05, 0.1) is 11.1 Å². The first-order valence-electron chi connectivity index (χ1n) is 11.7. The molecule has 3 aromatic rings. The minimum absolute atomic E-state index is 0.313. The average Bonchev–Trinajstić information content (AvgIpc) is 3.10. The number of fused-ring (bicyclic) bond motifs is 3. The quantitative estimate of drug-likeness (QED) is 0.434. The molecule has 0 saturated heterocycles. The molecule has 168 valence electrons. The van der Waals surface area contributed by atoms with Crippen LogP contribution >= 0.6 is 0 Å². The fourth-order valence-electron chi connectivity index (χ4n) is 5.29. The minimum Gasteiger partial charge on any atom is -0.478 e. The Hall–Kier alpha value is -3.08. The molecule has 5 nitrogen and oxygen atoms in total. The highest BCUT2D eigenvalue weighted by molar-refractivity contribution is 6.04. The average molecular weight is 433 g/mol. The molecule has 5 heteroatoms. The number of aromatic nitrogens is 1. The normalized spacial score (nSPS) is 15.6. The number of nitrogens with zero attached hydrogens (tertiary/aromatic N) is 1. The third-order valence-electron chi connectivity index (χ3n) is 6.90. The number of aromatic carboxylic acids is 1. The number of nitrogens with two attached hydrogens (primary N) is 1. The predicted molar refractivity (Wildman–Crippen MR) is 127 cm³/mol. The number of primary amides is 1. The van der Waals surface area contributed by atoms with Crippen LogP contribution in [0, 0.1) is 5.92 Å². The number of amides is 1. The van der Waals surface area contributed by atoms with E-state index in [4.69, 9.17) is 5.73 Å². The second kappa shape index (κ2) is 9.60. The molecule has 1 aliphatic rings. The third kappa shape index (κ3) is 4.29. The van der Waals surface area contributed by atoms with Gasteiger partial charge in [-0.05, 0) is 48.4 Å². The standard InChI is InChI=1S/C27H32N2O3/c1-2-3-4-5-9-18-14-15-21-22-12-8-13-23(27(31)32)25(22)29(24(21)16-18)17-19-10-6-7-11-20(19)26(28)30/h6-8,10-13,18H,2-5,9,14-17H2,1H3,(H2,28,30)(H,31,32). The second-order valence-electron chi connectivity index (χ2n) is 9.00. The van der Waals surface area contributed by atoms with Crippen molar-refractivity contribution in [3.05, 3.63) is 70.4 Å². The Balaban J connectivity index is 1.79. The van der Waals surface area contributed by atoms with Crippen LogP contribution in [0.2, 0.25) is 0 Å². The lowest BCUT2D eigenvalue weighted by Crippen LogP contribution is -2.19. The van der Waals surface area contributed by atoms with Crippen LogP contribution in [0.3, 0.4) is 0 Å². The maximum absolute atomic E-state index is 12.1. The van der Waals surface area contributed by atoms with Gasteiger partial charge in [0.1, 0.15) is 0 Å². The molecule has 1 aliphatic carbocycles. The van der Waals surface area contributed by atoms with Crippen LogP contribution in [0.5, 0.6) is 0 Å². The van der Waals surface area contributed by atoms with Crippen molar-refractivity contribution in [2.75, 3.05) is 0 Å². The highest BCUT2D eigenvalue weighted by atomic mass is 16.4. The number of carbonyl (C=O) groups excluding carboxylic acids is 1. The molecule has 1 unspecified atom stereocenters. The summed E-state index contributed by atoms with van der Waals surface area (Å²) in [6.45, 7) is 2.67. The van der Waals surface area contributed by atoms with E-state index < -0.39 is 11.9 Å². The molecule has 4 rings (SSSR count). The number of carbonyl (C=O) groups is 2. The topological polar surface area (TPSA) is 85.3 Å². The molecule has 0 aliphatic heterocycles. The Morgan fingerprint density at radius 3 is 2.59 bits per heavy atom. The molecule has 0 saturated carbocycles. The van der Waals surface area contributed by atoms with E-state index in [1.807, 2.05) is 30.3 Å². The van der Waals surface area contributed by atoms with Gasteiger partial charge in [0.2, 0.25) is 5.91 Å². The van der Waals surface area contributed by atoms with Gasteiger partial charge in [-0.3, -0.25) is 4.79 Å². The SMILES string of the molecule is CCCCCCC1CCc2c(n(Cc3ccccc3C(N)=O)c3c(C(=O)O)cccc23)C1. The Labute approximate surface area is 189 Å². The van der Waals surface area contributed by atoms with Gasteiger partial charge >= 0.3 is 5.97 Å². The largest absolute Gasteiger partial charge is 0.478 e. The number of hydrogen-bond donors (Lipinski definition) is 2. The van der Waals surface area contributed by atoms with Crippen LogP contribution < -0.4 is 5.73 Å². The van der Waals surface area contributed by atoms with Crippen LogP contribution in [-0.2, 0) is 19.4 Å². The molecule has 0 bridgehead atoms. The summed E-state index contributed by atoms with van der Waals surface area (Å²) in [5.74, 6) is -0.772. The lowest BCUT2D eigenvalue weighted by molar-refractivity contribution is 0.0698. The monoisotopic (exact) mass is 432 g/mol. The van der Waals surface area contributed by atoms with Crippen LogP contribution in [0.4, 0.5) is 0 Å². The summed E-state index contributed by atoms with van der Waals surface area (Å²) >= 11 is 0. The molecule has 1 amide bonds. The Kier molecular flexibility index (Phi) is 6.63. The molecule has 0 spiro atoms. The maximum Gasteiger partial charge on any atom is 0.337 e. The molecule has 0 radical (unpaired) electrons. The van der Waals surface area contributed by atoms with E-state index in [2.05, 4.69) is 11.5 Å². The highest BCUT2D eigenvalue weighted by Crippen LogP contribution is 2.38. The summed E-state index contributed by atoms with van der Waals surface area (Å²) in [5.41, 5.74) is 10.5. The Morgan fingerprint density at radius 2 is 1.84 bits per heavy atom. The van der Waals surface area contributed by atoms with E-state index in [1.165, 1.54) is 43.4 Å². The van der Waals surface area contributed by atoms with Gasteiger partial charge < -0.3 is 15.4 Å². The van der Waals surface area contributed by atoms with Gasteiger partial charge in [-0.15, -0.1) is 0 Å². The number of hydrogen-bond acceptors (Lipinski definition) is 2. The number of unbranched alkanes of at least 4 members (excludes halogenated alkanes) is 3. The van der Waals surface area contributed by atoms with Crippen molar-refractivity contribution in [2.24, 2.45) is 11.7 Å². The van der Waals surface area contributed by atoms with E-state index in [-0.39, 0.29) is 0 Å². The van der Waals surface area contributed by atoms with Gasteiger partial charge in [-0.2, -0.15) is 0 Å². The first-order chi connectivity index (χ1) is 15.5. The minimum atomic E-state index is -0.925. The van der Waals surface area contributed by atoms with Gasteiger partial charge in [-0.25, -0.2) is 4.79 Å². The molecule has 32 heavy (non-hydrogen) atoms. The zero-order chi connectivity index (χ0) is 22.7. The number of rotatable bonds is 9. The van der Waals surface area contributed by atoms with E-state index in [9.17, 15) is 14.7 Å². The van der Waals surface area contributed by atoms with Gasteiger partial charge in [-0.1, -0.05) is 69.4 Å². The molecule has 1 aromatic heterocycles. The van der Waals surface area contributed by atoms with Crippen LogP contribution in [0.25, 0.3) is 10.9 Å². The highest BCUT2D eigenvalue weighted by Gasteiger charge is 2.28. The Morgan fingerprint density at radius 1 is 1.06 bits per heavy atom. The lowest BCUT2D eigenvalue weighted by Gasteiger charge is -2.25. The first-order valence-corrected chi connectivity index (χ1v) is 11.7. The summed E-state index contributed by atoms with van der Waals surface area (Å²) in [4.78, 5) is 24.1. The van der Waals surface area contributed by atoms with E-state index in [0.717, 1.165) is 35.7 Å². The second-order valence-corrected chi connectivity index (χ2v) is 9.00. The number of carboxylic acids is 1. The van der Waals surface area contributed by atoms with Crippen molar-refractivity contribution in [3.8, 4) is 0 Å². The number of aryl methyl sites for hydroxylation is 1. The summed E-state index contributed by atoms with van der Waals surface area (Å²) in [6.07, 6.45) is 9.32. The Bertz CT molecular complexity index is 1150. The molecule has 1 heterocycles. The first kappa shape index (κ1) is 22.1. The summed E-state index contributed by atoms with van der Waals surface area (Å²) < 4.78 is 2.15. The fourth-order valence-corrected chi connectivity index (χ4v) is 5.29. The third-order valence-corrected chi connectivity index (χ3v) is 6.90. The lowest BCUT2D eigenvalue weighted by atomic mass is 9.83. The zero-order valence-corrected chi connectivity index (χ0v) is 18.8. The van der Waals surface area contributed by atoms with E-state index in [1.54, 1.807) is 12.1 Å². The van der Waals surface area contributed by atoms with Gasteiger partial charge in [0.25, 0.3) is 0 Å². The van der Waals surface area contributed by atoms with E-state index >= 15 is 0 Å². The maximum atomic E-state index is 12.1. The van der Waals surface area contributed by atoms with Crippen LogP contribution in [0.15, 0.2) is 42.5 Å². The van der Waals surface area contributed by atoms with Crippen molar-refractivity contribution in [2.45, 2.75) is 64.8 Å². The number of benzene rings is 2. The van der Waals surface area contributed by atoms with E-state index in [0.29, 0.717) is 23.6 Å². The predicted octanol–water partition coefficient (Wildman–Crippen LogP) is 5.56. The summed E-state index contributed by atoms with van der Waals surface area (Å²) in [7, 11) is 0. The number of para-hydroxylation sites is 1.